The molecule has 0 aliphatic carbocycles. The van der Waals surface area contributed by atoms with Gasteiger partial charge in [0.1, 0.15) is 5.54 Å². The molecule has 0 unspecified atom stereocenters. The van der Waals surface area contributed by atoms with Crippen LogP contribution in [-0.4, -0.2) is 22.4 Å². The van der Waals surface area contributed by atoms with Crippen LogP contribution >= 0.6 is 22.9 Å². The van der Waals surface area contributed by atoms with Crippen molar-refractivity contribution in [1.29, 1.82) is 0 Å². The van der Waals surface area contributed by atoms with Crippen molar-refractivity contribution in [3.8, 4) is 0 Å². The third-order valence-corrected chi connectivity index (χ3v) is 3.60. The summed E-state index contributed by atoms with van der Waals surface area (Å²) in [5.41, 5.74) is -0.807. The van der Waals surface area contributed by atoms with Gasteiger partial charge in [0.25, 0.3) is 5.91 Å². The lowest BCUT2D eigenvalue weighted by molar-refractivity contribution is -0.130. The quantitative estimate of drug-likeness (QED) is 0.827. The van der Waals surface area contributed by atoms with Crippen molar-refractivity contribution in [2.24, 2.45) is 0 Å². The monoisotopic (exact) mass is 258 g/mol. The Morgan fingerprint density at radius 2 is 2.12 bits per heavy atom. The van der Waals surface area contributed by atoms with Crippen LogP contribution in [0, 0.1) is 0 Å². The van der Waals surface area contributed by atoms with E-state index in [0.29, 0.717) is 4.34 Å². The molecule has 16 heavy (non-hydrogen) atoms. The van der Waals surface area contributed by atoms with Gasteiger partial charge in [-0.25, -0.2) is 4.79 Å². The minimum atomic E-state index is -0.807. The molecule has 1 N–H and O–H groups in total. The van der Waals surface area contributed by atoms with Crippen molar-refractivity contribution in [1.82, 2.24) is 10.2 Å². The SMILES string of the molecule is CC1(C)NC(=O)N(Cc2ccc(Cl)s2)C1=O. The van der Waals surface area contributed by atoms with Crippen LogP contribution in [0.3, 0.4) is 0 Å². The van der Waals surface area contributed by atoms with E-state index < -0.39 is 5.54 Å². The number of carbonyl (C=O) groups excluding carboxylic acids is 2. The molecule has 1 aliphatic heterocycles. The Morgan fingerprint density at radius 1 is 1.44 bits per heavy atom. The third-order valence-electron chi connectivity index (χ3n) is 2.39. The second-order valence-electron chi connectivity index (χ2n) is 4.15. The summed E-state index contributed by atoms with van der Waals surface area (Å²) in [4.78, 5) is 25.5. The molecule has 1 aliphatic rings. The zero-order valence-corrected chi connectivity index (χ0v) is 10.5. The smallest absolute Gasteiger partial charge is 0.324 e. The molecule has 3 amide bonds. The Morgan fingerprint density at radius 3 is 2.56 bits per heavy atom. The first-order valence-electron chi connectivity index (χ1n) is 4.78. The number of rotatable bonds is 2. The zero-order valence-electron chi connectivity index (χ0n) is 8.91. The van der Waals surface area contributed by atoms with Crippen LogP contribution in [0.25, 0.3) is 0 Å². The minimum absolute atomic E-state index is 0.206. The predicted octanol–water partition coefficient (Wildman–Crippen LogP) is 2.23. The fourth-order valence-corrected chi connectivity index (χ4v) is 2.63. The molecule has 0 radical (unpaired) electrons. The Bertz CT molecular complexity index is 455. The largest absolute Gasteiger partial charge is 0.325 e. The van der Waals surface area contributed by atoms with E-state index in [1.165, 1.54) is 16.2 Å². The predicted molar refractivity (Wildman–Crippen MR) is 62.5 cm³/mol. The van der Waals surface area contributed by atoms with E-state index in [0.717, 1.165) is 4.88 Å². The standard InChI is InChI=1S/C10H11ClN2O2S/c1-10(2)8(14)13(9(15)12-10)5-6-3-4-7(11)16-6/h3-4H,5H2,1-2H3,(H,12,15). The van der Waals surface area contributed by atoms with Gasteiger partial charge >= 0.3 is 6.03 Å². The van der Waals surface area contributed by atoms with Gasteiger partial charge in [-0.2, -0.15) is 0 Å². The van der Waals surface area contributed by atoms with E-state index >= 15 is 0 Å². The molecule has 0 saturated carbocycles. The molecule has 0 bridgehead atoms. The highest BCUT2D eigenvalue weighted by Crippen LogP contribution is 2.25. The summed E-state index contributed by atoms with van der Waals surface area (Å²) in [5, 5.41) is 2.63. The molecule has 1 fully saturated rings. The lowest BCUT2D eigenvalue weighted by Gasteiger charge is -2.15. The van der Waals surface area contributed by atoms with Gasteiger partial charge in [0.15, 0.2) is 0 Å². The Labute approximate surface area is 102 Å². The normalized spacial score (nSPS) is 19.1. The number of hydrogen-bond donors (Lipinski definition) is 1. The number of imide groups is 1. The van der Waals surface area contributed by atoms with E-state index in [2.05, 4.69) is 5.32 Å². The Balaban J connectivity index is 2.17. The second kappa shape index (κ2) is 3.75. The molecule has 2 heterocycles. The van der Waals surface area contributed by atoms with Crippen LogP contribution in [0.15, 0.2) is 12.1 Å². The van der Waals surface area contributed by atoms with Crippen LogP contribution in [-0.2, 0) is 11.3 Å². The molecule has 1 saturated heterocycles. The van der Waals surface area contributed by atoms with Gasteiger partial charge < -0.3 is 5.32 Å². The van der Waals surface area contributed by atoms with Crippen molar-refractivity contribution in [3.05, 3.63) is 21.3 Å². The average molecular weight is 259 g/mol. The van der Waals surface area contributed by atoms with E-state index in [9.17, 15) is 9.59 Å². The van der Waals surface area contributed by atoms with Gasteiger partial charge in [0.2, 0.25) is 0 Å². The Hall–Kier alpha value is -1.07. The number of halogens is 1. The first kappa shape index (κ1) is 11.4. The first-order chi connectivity index (χ1) is 7.40. The zero-order chi connectivity index (χ0) is 11.9. The molecule has 0 atom stereocenters. The van der Waals surface area contributed by atoms with Gasteiger partial charge in [0.05, 0.1) is 10.9 Å². The molecule has 2 rings (SSSR count). The molecule has 4 nitrogen and oxygen atoms in total. The van der Waals surface area contributed by atoms with Crippen molar-refractivity contribution >= 4 is 34.9 Å². The third kappa shape index (κ3) is 1.92. The van der Waals surface area contributed by atoms with E-state index in [1.807, 2.05) is 6.07 Å². The van der Waals surface area contributed by atoms with Crippen molar-refractivity contribution < 1.29 is 9.59 Å². The van der Waals surface area contributed by atoms with Crippen LogP contribution in [0.2, 0.25) is 4.34 Å². The van der Waals surface area contributed by atoms with E-state index in [1.54, 1.807) is 19.9 Å². The molecule has 6 heteroatoms. The number of carbonyl (C=O) groups is 2. The fraction of sp³-hybridized carbons (Fsp3) is 0.400. The number of thiophene rings is 1. The molecular formula is C10H11ClN2O2S. The molecule has 0 aromatic carbocycles. The first-order valence-corrected chi connectivity index (χ1v) is 5.98. The van der Waals surface area contributed by atoms with Gasteiger partial charge in [-0.15, -0.1) is 11.3 Å². The van der Waals surface area contributed by atoms with Gasteiger partial charge in [0, 0.05) is 4.88 Å². The minimum Gasteiger partial charge on any atom is -0.324 e. The lowest BCUT2D eigenvalue weighted by Crippen LogP contribution is -2.40. The fourth-order valence-electron chi connectivity index (χ4n) is 1.55. The van der Waals surface area contributed by atoms with E-state index in [-0.39, 0.29) is 18.5 Å². The summed E-state index contributed by atoms with van der Waals surface area (Å²) in [5.74, 6) is -0.206. The molecule has 1 aromatic rings. The average Bonchev–Trinajstić information content (AvgIpc) is 2.65. The summed E-state index contributed by atoms with van der Waals surface area (Å²) >= 11 is 7.16. The van der Waals surface area contributed by atoms with E-state index in [4.69, 9.17) is 11.6 Å². The van der Waals surface area contributed by atoms with Crippen molar-refractivity contribution in [2.45, 2.75) is 25.9 Å². The highest BCUT2D eigenvalue weighted by molar-refractivity contribution is 7.16. The molecule has 0 spiro atoms. The summed E-state index contributed by atoms with van der Waals surface area (Å²) in [6, 6.07) is 3.23. The van der Waals surface area contributed by atoms with Crippen LogP contribution in [0.1, 0.15) is 18.7 Å². The summed E-state index contributed by atoms with van der Waals surface area (Å²) in [6.07, 6.45) is 0. The number of urea groups is 1. The van der Waals surface area contributed by atoms with Gasteiger partial charge in [-0.3, -0.25) is 9.69 Å². The highest BCUT2D eigenvalue weighted by Gasteiger charge is 2.44. The molecular weight excluding hydrogens is 248 g/mol. The maximum atomic E-state index is 11.9. The summed E-state index contributed by atoms with van der Waals surface area (Å²) in [7, 11) is 0. The maximum Gasteiger partial charge on any atom is 0.325 e. The van der Waals surface area contributed by atoms with Gasteiger partial charge in [-0.05, 0) is 26.0 Å². The topological polar surface area (TPSA) is 49.4 Å². The number of nitrogens with one attached hydrogen (secondary N) is 1. The number of nitrogens with zero attached hydrogens (tertiary/aromatic N) is 1. The number of hydrogen-bond acceptors (Lipinski definition) is 3. The van der Waals surface area contributed by atoms with Crippen molar-refractivity contribution in [2.75, 3.05) is 0 Å². The molecule has 86 valence electrons. The van der Waals surface area contributed by atoms with Crippen LogP contribution in [0.5, 0.6) is 0 Å². The lowest BCUT2D eigenvalue weighted by atomic mass is 10.1. The summed E-state index contributed by atoms with van der Waals surface area (Å²) in [6.45, 7) is 3.66. The van der Waals surface area contributed by atoms with Crippen molar-refractivity contribution in [3.63, 3.8) is 0 Å². The van der Waals surface area contributed by atoms with Gasteiger partial charge in [-0.1, -0.05) is 11.6 Å². The van der Waals surface area contributed by atoms with Crippen LogP contribution in [0.4, 0.5) is 4.79 Å². The maximum absolute atomic E-state index is 11.9. The summed E-state index contributed by atoms with van der Waals surface area (Å²) < 4.78 is 0.654. The second-order valence-corrected chi connectivity index (χ2v) is 5.95. The number of amides is 3. The van der Waals surface area contributed by atoms with Crippen LogP contribution < -0.4 is 5.32 Å². The highest BCUT2D eigenvalue weighted by atomic mass is 35.5. The Kier molecular flexibility index (Phi) is 2.67. The molecule has 1 aromatic heterocycles.